The number of phenols is 1. The Morgan fingerprint density at radius 2 is 1.45 bits per heavy atom. The van der Waals surface area contributed by atoms with Gasteiger partial charge in [-0.25, -0.2) is 4.79 Å². The molecule has 0 spiro atoms. The number of aliphatic hydroxyl groups excluding tert-OH is 1. The first-order chi connectivity index (χ1) is 15.7. The lowest BCUT2D eigenvalue weighted by atomic mass is 9.89. The van der Waals surface area contributed by atoms with Crippen LogP contribution in [0.5, 0.6) is 5.75 Å². The highest BCUT2D eigenvalue weighted by Crippen LogP contribution is 2.33. The van der Waals surface area contributed by atoms with Gasteiger partial charge in [0.2, 0.25) is 0 Å². The van der Waals surface area contributed by atoms with Crippen molar-refractivity contribution in [2.24, 2.45) is 0 Å². The van der Waals surface area contributed by atoms with Gasteiger partial charge in [0, 0.05) is 19.7 Å². The van der Waals surface area contributed by atoms with E-state index in [-0.39, 0.29) is 12.7 Å². The maximum atomic E-state index is 12.0. The van der Waals surface area contributed by atoms with Crippen molar-refractivity contribution in [1.29, 1.82) is 0 Å². The topological polar surface area (TPSA) is 73.2 Å². The third kappa shape index (κ3) is 15.6. The van der Waals surface area contributed by atoms with Gasteiger partial charge in [-0.1, -0.05) is 45.9 Å². The van der Waals surface area contributed by atoms with Crippen LogP contribution in [-0.2, 0) is 4.74 Å². The Kier molecular flexibility index (Phi) is 19.9. The molecule has 6 heteroatoms. The molecule has 0 aromatic heterocycles. The minimum Gasteiger partial charge on any atom is -0.508 e. The maximum Gasteiger partial charge on any atom is 0.410 e. The van der Waals surface area contributed by atoms with E-state index in [1.54, 1.807) is 17.9 Å². The molecule has 2 N–H and O–H groups in total. The van der Waals surface area contributed by atoms with Crippen LogP contribution in [0.3, 0.4) is 0 Å². The molecular weight excluding hydrogens is 416 g/mol. The van der Waals surface area contributed by atoms with Gasteiger partial charge in [-0.15, -0.1) is 0 Å². The van der Waals surface area contributed by atoms with E-state index in [1.165, 1.54) is 25.9 Å². The van der Waals surface area contributed by atoms with Crippen molar-refractivity contribution in [1.82, 2.24) is 9.80 Å². The number of aromatic hydroxyl groups is 1. The minimum atomic E-state index is -0.453. The highest BCUT2D eigenvalue weighted by atomic mass is 16.6. The number of hydrogen-bond acceptors (Lipinski definition) is 5. The molecule has 2 heterocycles. The Labute approximate surface area is 203 Å². The average Bonchev–Trinajstić information content (AvgIpc) is 3.28. The molecule has 0 aliphatic carbocycles. The molecule has 0 radical (unpaired) electrons. The number of nitrogens with zero attached hydrogens (tertiary/aromatic N) is 2. The number of rotatable bonds is 1. The van der Waals surface area contributed by atoms with Gasteiger partial charge in [0.1, 0.15) is 11.4 Å². The first-order valence-electron chi connectivity index (χ1n) is 12.7. The van der Waals surface area contributed by atoms with Crippen molar-refractivity contribution in [2.75, 3.05) is 39.8 Å². The Morgan fingerprint density at radius 3 is 1.82 bits per heavy atom. The molecule has 33 heavy (non-hydrogen) atoms. The summed E-state index contributed by atoms with van der Waals surface area (Å²) in [6, 6.07) is 7.45. The van der Waals surface area contributed by atoms with E-state index < -0.39 is 5.60 Å². The van der Waals surface area contributed by atoms with Crippen LogP contribution in [0.4, 0.5) is 4.79 Å². The number of hydrogen-bond donors (Lipinski definition) is 2. The van der Waals surface area contributed by atoms with Crippen LogP contribution in [0.15, 0.2) is 24.3 Å². The number of amides is 1. The molecule has 1 amide bonds. The normalized spacial score (nSPS) is 15.9. The van der Waals surface area contributed by atoms with Gasteiger partial charge in [0.05, 0.1) is 0 Å². The van der Waals surface area contributed by atoms with Crippen LogP contribution in [-0.4, -0.2) is 71.5 Å². The molecule has 2 aliphatic rings. The summed E-state index contributed by atoms with van der Waals surface area (Å²) in [4.78, 5) is 16.1. The van der Waals surface area contributed by atoms with Gasteiger partial charge < -0.3 is 24.7 Å². The van der Waals surface area contributed by atoms with Crippen LogP contribution >= 0.6 is 0 Å². The number of phenolic OH excluding ortho intramolecular Hbond substituents is 1. The summed E-state index contributed by atoms with van der Waals surface area (Å²) in [6.07, 6.45) is 4.30. The van der Waals surface area contributed by atoms with Gasteiger partial charge in [0.15, 0.2) is 0 Å². The van der Waals surface area contributed by atoms with E-state index in [0.29, 0.717) is 24.8 Å². The molecule has 0 unspecified atom stereocenters. The number of piperidine rings is 1. The predicted octanol–water partition coefficient (Wildman–Crippen LogP) is 6.27. The summed E-state index contributed by atoms with van der Waals surface area (Å²) in [5.41, 5.74) is 0.530. The smallest absolute Gasteiger partial charge is 0.410 e. The lowest BCUT2D eigenvalue weighted by molar-refractivity contribution is 0.0204. The predicted molar refractivity (Wildman–Crippen MR) is 140 cm³/mol. The maximum absolute atomic E-state index is 12.0. The van der Waals surface area contributed by atoms with E-state index in [4.69, 9.17) is 9.84 Å². The molecule has 1 aromatic carbocycles. The second-order valence-electron chi connectivity index (χ2n) is 8.63. The van der Waals surface area contributed by atoms with Gasteiger partial charge in [0.25, 0.3) is 0 Å². The average molecular weight is 469 g/mol. The Balaban J connectivity index is 0. The van der Waals surface area contributed by atoms with Crippen molar-refractivity contribution < 1.29 is 19.7 Å². The zero-order chi connectivity index (χ0) is 25.9. The quantitative estimate of drug-likeness (QED) is 0.508. The second kappa shape index (κ2) is 19.7. The number of carbonyl (C=O) groups is 1. The molecular formula is C27H52N2O4. The number of carbonyl (C=O) groups excluding carboxylic acids is 1. The van der Waals surface area contributed by atoms with Crippen molar-refractivity contribution >= 4 is 6.09 Å². The van der Waals surface area contributed by atoms with Crippen LogP contribution < -0.4 is 0 Å². The molecule has 1 aromatic rings. The summed E-state index contributed by atoms with van der Waals surface area (Å²) >= 11 is 0. The van der Waals surface area contributed by atoms with Crippen molar-refractivity contribution in [3.63, 3.8) is 0 Å². The van der Waals surface area contributed by atoms with Crippen LogP contribution in [0.25, 0.3) is 0 Å². The van der Waals surface area contributed by atoms with Gasteiger partial charge in [-0.05, 0) is 91.1 Å². The third-order valence-corrected chi connectivity index (χ3v) is 4.85. The number of aliphatic hydroxyl groups is 1. The molecule has 3 rings (SSSR count). The molecule has 0 bridgehead atoms. The fourth-order valence-corrected chi connectivity index (χ4v) is 3.41. The van der Waals surface area contributed by atoms with E-state index in [0.717, 1.165) is 18.4 Å². The summed E-state index contributed by atoms with van der Waals surface area (Å²) < 4.78 is 5.38. The number of likely N-dealkylation sites (tertiary alicyclic amines) is 2. The summed E-state index contributed by atoms with van der Waals surface area (Å²) in [6.45, 7) is 19.5. The fourth-order valence-electron chi connectivity index (χ4n) is 3.41. The van der Waals surface area contributed by atoms with Gasteiger partial charge in [-0.3, -0.25) is 0 Å². The number of ether oxygens (including phenoxy) is 1. The van der Waals surface area contributed by atoms with Crippen molar-refractivity contribution in [3.8, 4) is 5.75 Å². The molecule has 2 aliphatic heterocycles. The van der Waals surface area contributed by atoms with E-state index in [2.05, 4.69) is 11.9 Å². The van der Waals surface area contributed by atoms with Gasteiger partial charge >= 0.3 is 6.09 Å². The van der Waals surface area contributed by atoms with Crippen molar-refractivity contribution in [3.05, 3.63) is 29.8 Å². The van der Waals surface area contributed by atoms with Gasteiger partial charge in [-0.2, -0.15) is 0 Å². The lowest BCUT2D eigenvalue weighted by Crippen LogP contribution is -2.41. The molecule has 2 saturated heterocycles. The van der Waals surface area contributed by atoms with E-state index >= 15 is 0 Å². The van der Waals surface area contributed by atoms with Crippen molar-refractivity contribution in [2.45, 2.75) is 92.6 Å². The summed E-state index contributed by atoms with van der Waals surface area (Å²) in [7, 11) is 2.17. The number of benzene rings is 1. The highest BCUT2D eigenvalue weighted by Gasteiger charge is 2.28. The van der Waals surface area contributed by atoms with E-state index in [9.17, 15) is 9.90 Å². The standard InChI is InChI=1S/C16H23NO3.C5H11N.C2H6O.2C2H6/c1-16(2,3)20-15(19)17-10-8-12(9-11-17)13-6-4-5-7-14(13)18;1-6-4-2-3-5-6;1-2-3;2*1-2/h4-7,12,18H,8-11H2,1-3H3;2-5H2,1H3;3H,2H2,1H3;2*1-2H3. The Bertz CT molecular complexity index is 588. The number of para-hydroxylation sites is 1. The monoisotopic (exact) mass is 468 g/mol. The lowest BCUT2D eigenvalue weighted by Gasteiger charge is -2.33. The fraction of sp³-hybridized carbons (Fsp3) is 0.741. The largest absolute Gasteiger partial charge is 0.508 e. The first kappa shape index (κ1) is 33.4. The third-order valence-electron chi connectivity index (χ3n) is 4.85. The molecule has 194 valence electrons. The molecule has 0 saturated carbocycles. The minimum absolute atomic E-state index is 0.242. The highest BCUT2D eigenvalue weighted by molar-refractivity contribution is 5.68. The SMILES string of the molecule is CC.CC.CC(C)(C)OC(=O)N1CCC(c2ccccc2O)CC1.CCO.CN1CCCC1. The zero-order valence-corrected chi connectivity index (χ0v) is 22.9. The van der Waals surface area contributed by atoms with Crippen LogP contribution in [0, 0.1) is 0 Å². The second-order valence-corrected chi connectivity index (χ2v) is 8.63. The Hall–Kier alpha value is -1.79. The zero-order valence-electron chi connectivity index (χ0n) is 22.9. The molecule has 0 atom stereocenters. The Morgan fingerprint density at radius 1 is 1.00 bits per heavy atom. The molecule has 2 fully saturated rings. The van der Waals surface area contributed by atoms with Crippen LogP contribution in [0.1, 0.15) is 92.6 Å². The first-order valence-corrected chi connectivity index (χ1v) is 12.7. The summed E-state index contributed by atoms with van der Waals surface area (Å²) in [5.74, 6) is 0.665. The summed E-state index contributed by atoms with van der Waals surface area (Å²) in [5, 5.41) is 17.5. The van der Waals surface area contributed by atoms with E-state index in [1.807, 2.05) is 66.7 Å². The van der Waals surface area contributed by atoms with Crippen LogP contribution in [0.2, 0.25) is 0 Å². The molecule has 6 nitrogen and oxygen atoms in total.